The monoisotopic (exact) mass is 193 g/mol. The lowest BCUT2D eigenvalue weighted by atomic mass is 10.1. The van der Waals surface area contributed by atoms with Gasteiger partial charge in [0, 0.05) is 19.0 Å². The quantitative estimate of drug-likeness (QED) is 0.782. The molecule has 1 fully saturated rings. The lowest BCUT2D eigenvalue weighted by molar-refractivity contribution is 0.358. The van der Waals surface area contributed by atoms with E-state index in [1.54, 1.807) is 0 Å². The van der Waals surface area contributed by atoms with Crippen LogP contribution in [0.2, 0.25) is 0 Å². The molecule has 3 nitrogen and oxygen atoms in total. The molecule has 0 radical (unpaired) electrons. The second kappa shape index (κ2) is 3.01. The van der Waals surface area contributed by atoms with Crippen molar-refractivity contribution in [2.24, 2.45) is 0 Å². The molecule has 1 N–H and O–H groups in total. The highest BCUT2D eigenvalue weighted by atomic mass is 15.4. The molecular weight excluding hydrogens is 174 g/mol. The summed E-state index contributed by atoms with van der Waals surface area (Å²) in [5.41, 5.74) is 1.31. The van der Waals surface area contributed by atoms with Crippen LogP contribution in [0.4, 0.5) is 5.82 Å². The fourth-order valence-electron chi connectivity index (χ4n) is 1.67. The Kier molecular flexibility index (Phi) is 2.05. The van der Waals surface area contributed by atoms with Gasteiger partial charge in [-0.1, -0.05) is 0 Å². The minimum absolute atomic E-state index is 0.0610. The van der Waals surface area contributed by atoms with Crippen molar-refractivity contribution in [3.63, 3.8) is 0 Å². The summed E-state index contributed by atoms with van der Waals surface area (Å²) in [7, 11) is 1.95. The zero-order valence-corrected chi connectivity index (χ0v) is 9.46. The Morgan fingerprint density at radius 3 is 2.43 bits per heavy atom. The minimum atomic E-state index is 0.0610. The zero-order chi connectivity index (χ0) is 10.3. The Morgan fingerprint density at radius 1 is 1.43 bits per heavy atom. The first-order valence-corrected chi connectivity index (χ1v) is 5.30. The van der Waals surface area contributed by atoms with Crippen molar-refractivity contribution < 1.29 is 0 Å². The van der Waals surface area contributed by atoms with Gasteiger partial charge >= 0.3 is 0 Å². The first-order valence-electron chi connectivity index (χ1n) is 5.30. The van der Waals surface area contributed by atoms with Crippen molar-refractivity contribution in [2.45, 2.75) is 45.1 Å². The highest BCUT2D eigenvalue weighted by molar-refractivity contribution is 5.39. The average molecular weight is 193 g/mol. The molecule has 0 saturated heterocycles. The van der Waals surface area contributed by atoms with Crippen LogP contribution in [0.3, 0.4) is 0 Å². The number of aromatic nitrogens is 2. The topological polar surface area (TPSA) is 29.9 Å². The van der Waals surface area contributed by atoms with E-state index in [9.17, 15) is 0 Å². The van der Waals surface area contributed by atoms with Crippen molar-refractivity contribution in [2.75, 3.05) is 12.4 Å². The van der Waals surface area contributed by atoms with Crippen LogP contribution in [0.5, 0.6) is 0 Å². The molecule has 1 aliphatic rings. The molecule has 0 amide bonds. The zero-order valence-electron chi connectivity index (χ0n) is 9.46. The number of nitrogens with one attached hydrogen (secondary N) is 1. The van der Waals surface area contributed by atoms with Crippen LogP contribution in [0.1, 0.15) is 45.2 Å². The van der Waals surface area contributed by atoms with Gasteiger partial charge in [0.2, 0.25) is 0 Å². The van der Waals surface area contributed by atoms with Crippen LogP contribution < -0.4 is 5.32 Å². The second-order valence-corrected chi connectivity index (χ2v) is 5.06. The molecular formula is C11H19N3. The van der Waals surface area contributed by atoms with Gasteiger partial charge in [-0.15, -0.1) is 0 Å². The molecule has 0 bridgehead atoms. The van der Waals surface area contributed by atoms with E-state index in [1.165, 1.54) is 18.5 Å². The number of rotatable bonds is 2. The molecule has 0 spiro atoms. The molecule has 1 aromatic rings. The summed E-state index contributed by atoms with van der Waals surface area (Å²) in [6.45, 7) is 6.53. The fourth-order valence-corrected chi connectivity index (χ4v) is 1.67. The third-order valence-corrected chi connectivity index (χ3v) is 2.62. The van der Waals surface area contributed by atoms with Crippen LogP contribution >= 0.6 is 0 Å². The lowest BCUT2D eigenvalue weighted by Crippen LogP contribution is -2.24. The van der Waals surface area contributed by atoms with Gasteiger partial charge in [0.25, 0.3) is 0 Å². The predicted molar refractivity (Wildman–Crippen MR) is 58.7 cm³/mol. The van der Waals surface area contributed by atoms with Gasteiger partial charge < -0.3 is 5.32 Å². The third kappa shape index (κ3) is 1.63. The fraction of sp³-hybridized carbons (Fsp3) is 0.727. The predicted octanol–water partition coefficient (Wildman–Crippen LogP) is 2.56. The standard InChI is InChI=1S/C11H19N3/c1-11(2,3)14-10(12-4)7-9(13-14)8-5-6-8/h7-8,12H,5-6H2,1-4H3. The van der Waals surface area contributed by atoms with E-state index in [0.717, 1.165) is 11.7 Å². The summed E-state index contributed by atoms with van der Waals surface area (Å²) in [6.07, 6.45) is 2.62. The third-order valence-electron chi connectivity index (χ3n) is 2.62. The smallest absolute Gasteiger partial charge is 0.124 e. The Hall–Kier alpha value is -0.990. The van der Waals surface area contributed by atoms with Crippen molar-refractivity contribution in [3.05, 3.63) is 11.8 Å². The van der Waals surface area contributed by atoms with E-state index in [2.05, 4.69) is 41.9 Å². The van der Waals surface area contributed by atoms with E-state index in [1.807, 2.05) is 7.05 Å². The molecule has 1 saturated carbocycles. The van der Waals surface area contributed by atoms with Crippen LogP contribution in [0.15, 0.2) is 6.07 Å². The number of hydrogen-bond donors (Lipinski definition) is 1. The summed E-state index contributed by atoms with van der Waals surface area (Å²) >= 11 is 0. The largest absolute Gasteiger partial charge is 0.373 e. The van der Waals surface area contributed by atoms with Crippen molar-refractivity contribution >= 4 is 5.82 Å². The lowest BCUT2D eigenvalue weighted by Gasteiger charge is -2.21. The van der Waals surface area contributed by atoms with E-state index in [-0.39, 0.29) is 5.54 Å². The highest BCUT2D eigenvalue weighted by Crippen LogP contribution is 2.40. The van der Waals surface area contributed by atoms with Crippen molar-refractivity contribution in [1.82, 2.24) is 9.78 Å². The van der Waals surface area contributed by atoms with E-state index in [4.69, 9.17) is 0 Å². The molecule has 1 aromatic heterocycles. The summed E-state index contributed by atoms with van der Waals surface area (Å²) < 4.78 is 2.08. The molecule has 0 aliphatic heterocycles. The average Bonchev–Trinajstić information content (AvgIpc) is 2.83. The highest BCUT2D eigenvalue weighted by Gasteiger charge is 2.29. The minimum Gasteiger partial charge on any atom is -0.373 e. The van der Waals surface area contributed by atoms with Crippen molar-refractivity contribution in [1.29, 1.82) is 0 Å². The second-order valence-electron chi connectivity index (χ2n) is 5.06. The van der Waals surface area contributed by atoms with Gasteiger partial charge in [-0.25, -0.2) is 4.68 Å². The van der Waals surface area contributed by atoms with Gasteiger partial charge in [-0.2, -0.15) is 5.10 Å². The van der Waals surface area contributed by atoms with Crippen LogP contribution in [0.25, 0.3) is 0 Å². The molecule has 3 heteroatoms. The van der Waals surface area contributed by atoms with Gasteiger partial charge in [0.1, 0.15) is 5.82 Å². The van der Waals surface area contributed by atoms with Gasteiger partial charge in [0.05, 0.1) is 11.2 Å². The van der Waals surface area contributed by atoms with Gasteiger partial charge in [-0.05, 0) is 33.6 Å². The first kappa shape index (κ1) is 9.56. The first-order chi connectivity index (χ1) is 6.52. The van der Waals surface area contributed by atoms with Crippen LogP contribution in [-0.2, 0) is 5.54 Å². The molecule has 78 valence electrons. The Balaban J connectivity index is 2.37. The van der Waals surface area contributed by atoms with E-state index < -0.39 is 0 Å². The molecule has 0 aromatic carbocycles. The SMILES string of the molecule is CNc1cc(C2CC2)nn1C(C)(C)C. The van der Waals surface area contributed by atoms with Gasteiger partial charge in [0.15, 0.2) is 0 Å². The van der Waals surface area contributed by atoms with E-state index >= 15 is 0 Å². The van der Waals surface area contributed by atoms with E-state index in [0.29, 0.717) is 0 Å². The maximum absolute atomic E-state index is 4.67. The molecule has 0 atom stereocenters. The Labute approximate surface area is 85.5 Å². The van der Waals surface area contributed by atoms with Crippen LogP contribution in [0, 0.1) is 0 Å². The number of anilines is 1. The summed E-state index contributed by atoms with van der Waals surface area (Å²) in [4.78, 5) is 0. The Morgan fingerprint density at radius 2 is 2.07 bits per heavy atom. The van der Waals surface area contributed by atoms with Gasteiger partial charge in [-0.3, -0.25) is 0 Å². The molecule has 1 aliphatic carbocycles. The maximum Gasteiger partial charge on any atom is 0.124 e. The molecule has 14 heavy (non-hydrogen) atoms. The maximum atomic E-state index is 4.67. The molecule has 2 rings (SSSR count). The van der Waals surface area contributed by atoms with Crippen molar-refractivity contribution in [3.8, 4) is 0 Å². The summed E-state index contributed by atoms with van der Waals surface area (Å²) in [5, 5.41) is 7.87. The summed E-state index contributed by atoms with van der Waals surface area (Å²) in [6, 6.07) is 2.18. The number of nitrogens with zero attached hydrogens (tertiary/aromatic N) is 2. The normalized spacial score (nSPS) is 17.1. The Bertz CT molecular complexity index is 329. The van der Waals surface area contributed by atoms with Crippen LogP contribution in [-0.4, -0.2) is 16.8 Å². The number of hydrogen-bond acceptors (Lipinski definition) is 2. The molecule has 1 heterocycles. The summed E-state index contributed by atoms with van der Waals surface area (Å²) in [5.74, 6) is 1.85. The molecule has 0 unspecified atom stereocenters.